The quantitative estimate of drug-likeness (QED) is 0.758. The molecule has 0 saturated heterocycles. The fourth-order valence-electron chi connectivity index (χ4n) is 1.28. The molecule has 0 aliphatic carbocycles. The van der Waals surface area contributed by atoms with Gasteiger partial charge in [0.2, 0.25) is 0 Å². The van der Waals surface area contributed by atoms with Crippen molar-refractivity contribution in [3.05, 3.63) is 12.4 Å². The van der Waals surface area contributed by atoms with E-state index in [1.807, 2.05) is 0 Å². The fourth-order valence-corrected chi connectivity index (χ4v) is 1.28. The maximum Gasteiger partial charge on any atom is 0.460 e. The van der Waals surface area contributed by atoms with Gasteiger partial charge in [-0.25, -0.2) is 4.68 Å². The van der Waals surface area contributed by atoms with Crippen molar-refractivity contribution in [2.45, 2.75) is 30.9 Å². The molecule has 1 heterocycles. The van der Waals surface area contributed by atoms with Crippen LogP contribution in [0.4, 0.5) is 49.6 Å². The molecular formula is C10H7F10N3O2. The Morgan fingerprint density at radius 2 is 1.64 bits per heavy atom. The van der Waals surface area contributed by atoms with Gasteiger partial charge in [-0.15, -0.1) is 0 Å². The predicted octanol–water partition coefficient (Wildman–Crippen LogP) is 3.19. The Morgan fingerprint density at radius 1 is 1.08 bits per heavy atom. The van der Waals surface area contributed by atoms with Gasteiger partial charge in [-0.05, 0) is 0 Å². The molecule has 0 atom stereocenters. The Labute approximate surface area is 131 Å². The van der Waals surface area contributed by atoms with Gasteiger partial charge >= 0.3 is 30.1 Å². The second-order valence-electron chi connectivity index (χ2n) is 4.46. The number of amides is 1. The Morgan fingerprint density at radius 3 is 2.12 bits per heavy atom. The van der Waals surface area contributed by atoms with Crippen LogP contribution in [-0.4, -0.2) is 46.5 Å². The van der Waals surface area contributed by atoms with E-state index in [4.69, 9.17) is 0 Å². The van der Waals surface area contributed by atoms with Gasteiger partial charge in [0.15, 0.2) is 0 Å². The molecule has 1 aromatic heterocycles. The molecule has 0 unspecified atom stereocenters. The first-order valence-electron chi connectivity index (χ1n) is 5.88. The number of carbonyl (C=O) groups is 1. The Kier molecular flexibility index (Phi) is 5.61. The molecule has 15 heteroatoms. The van der Waals surface area contributed by atoms with Gasteiger partial charge in [-0.2, -0.15) is 49.0 Å². The average molecular weight is 391 g/mol. The second kappa shape index (κ2) is 6.68. The summed E-state index contributed by atoms with van der Waals surface area (Å²) in [5, 5.41) is 4.29. The molecule has 0 bridgehead atoms. The minimum absolute atomic E-state index is 0.524. The van der Waals surface area contributed by atoms with Gasteiger partial charge in [0.05, 0.1) is 18.1 Å². The first-order valence-corrected chi connectivity index (χ1v) is 5.88. The van der Waals surface area contributed by atoms with E-state index in [2.05, 4.69) is 9.84 Å². The molecule has 1 N–H and O–H groups in total. The van der Waals surface area contributed by atoms with Gasteiger partial charge in [-0.3, -0.25) is 4.79 Å². The van der Waals surface area contributed by atoms with E-state index in [9.17, 15) is 48.7 Å². The van der Waals surface area contributed by atoms with Crippen molar-refractivity contribution in [1.82, 2.24) is 9.78 Å². The molecule has 0 aromatic carbocycles. The number of anilines is 1. The van der Waals surface area contributed by atoms with Crippen molar-refractivity contribution in [1.29, 1.82) is 0 Å². The topological polar surface area (TPSA) is 56.2 Å². The van der Waals surface area contributed by atoms with Gasteiger partial charge in [-0.1, -0.05) is 0 Å². The SMILES string of the molecule is O=C(Nc1cnn(COCC(F)(F)F)c1)C(F)(F)C(F)(F)C(F)(F)F. The van der Waals surface area contributed by atoms with Gasteiger partial charge in [0.25, 0.3) is 0 Å². The lowest BCUT2D eigenvalue weighted by Gasteiger charge is -2.26. The normalized spacial score (nSPS) is 13.8. The van der Waals surface area contributed by atoms with E-state index in [1.165, 1.54) is 0 Å². The molecule has 0 aliphatic rings. The highest BCUT2D eigenvalue weighted by Gasteiger charge is 2.76. The first-order chi connectivity index (χ1) is 11.1. The van der Waals surface area contributed by atoms with Crippen LogP contribution in [0, 0.1) is 0 Å². The highest BCUT2D eigenvalue weighted by atomic mass is 19.4. The van der Waals surface area contributed by atoms with Crippen molar-refractivity contribution < 1.29 is 53.4 Å². The number of aromatic nitrogens is 2. The van der Waals surface area contributed by atoms with E-state index in [0.29, 0.717) is 17.1 Å². The van der Waals surface area contributed by atoms with Crippen LogP contribution in [0.3, 0.4) is 0 Å². The number of carbonyl (C=O) groups excluding carboxylic acids is 1. The van der Waals surface area contributed by atoms with Gasteiger partial charge < -0.3 is 10.1 Å². The number of halogens is 10. The Balaban J connectivity index is 2.75. The third-order valence-electron chi connectivity index (χ3n) is 2.42. The number of ether oxygens (including phenoxy) is 1. The predicted molar refractivity (Wildman–Crippen MR) is 58.8 cm³/mol. The van der Waals surface area contributed by atoms with E-state index in [-0.39, 0.29) is 0 Å². The van der Waals surface area contributed by atoms with Crippen LogP contribution in [0.15, 0.2) is 12.4 Å². The molecular weight excluding hydrogens is 384 g/mol. The summed E-state index contributed by atoms with van der Waals surface area (Å²) >= 11 is 0. The number of hydrogen-bond donors (Lipinski definition) is 1. The minimum Gasteiger partial charge on any atom is -0.350 e. The van der Waals surface area contributed by atoms with Gasteiger partial charge in [0.1, 0.15) is 13.3 Å². The largest absolute Gasteiger partial charge is 0.460 e. The highest BCUT2D eigenvalue weighted by Crippen LogP contribution is 2.46. The minimum atomic E-state index is -6.69. The smallest absolute Gasteiger partial charge is 0.350 e. The summed E-state index contributed by atoms with van der Waals surface area (Å²) in [5.41, 5.74) is -0.766. The van der Waals surface area contributed by atoms with Crippen molar-refractivity contribution in [3.63, 3.8) is 0 Å². The van der Waals surface area contributed by atoms with Gasteiger partial charge in [0, 0.05) is 0 Å². The fraction of sp³-hybridized carbons (Fsp3) is 0.600. The molecule has 144 valence electrons. The summed E-state index contributed by atoms with van der Waals surface area (Å²) in [6.45, 7) is -2.55. The summed E-state index contributed by atoms with van der Waals surface area (Å²) in [4.78, 5) is 11.0. The van der Waals surface area contributed by atoms with Crippen molar-refractivity contribution in [2.75, 3.05) is 11.9 Å². The summed E-state index contributed by atoms with van der Waals surface area (Å²) in [6.07, 6.45) is -10.3. The third kappa shape index (κ3) is 4.96. The molecule has 0 saturated carbocycles. The molecule has 0 radical (unpaired) electrons. The zero-order chi connectivity index (χ0) is 19.7. The van der Waals surface area contributed by atoms with Crippen molar-refractivity contribution in [3.8, 4) is 0 Å². The molecule has 25 heavy (non-hydrogen) atoms. The second-order valence-corrected chi connectivity index (χ2v) is 4.46. The monoisotopic (exact) mass is 391 g/mol. The molecule has 1 rings (SSSR count). The van der Waals surface area contributed by atoms with Crippen LogP contribution in [0.1, 0.15) is 0 Å². The number of rotatable bonds is 6. The standard InChI is InChI=1S/C10H7F10N3O2/c11-7(12,13)3-25-4-23-2-5(1-21-23)22-6(24)8(14,15)9(16,17)10(18,19)20/h1-2H,3-4H2,(H,22,24). The number of hydrogen-bond acceptors (Lipinski definition) is 3. The summed E-state index contributed by atoms with van der Waals surface area (Å²) in [7, 11) is 0. The zero-order valence-corrected chi connectivity index (χ0v) is 11.6. The van der Waals surface area contributed by atoms with E-state index < -0.39 is 49.1 Å². The molecule has 1 amide bonds. The third-order valence-corrected chi connectivity index (χ3v) is 2.42. The van der Waals surface area contributed by atoms with E-state index in [1.54, 1.807) is 0 Å². The number of nitrogens with one attached hydrogen (secondary N) is 1. The van der Waals surface area contributed by atoms with Crippen LogP contribution in [-0.2, 0) is 16.3 Å². The number of alkyl halides is 10. The van der Waals surface area contributed by atoms with E-state index in [0.717, 1.165) is 5.32 Å². The molecule has 1 aromatic rings. The summed E-state index contributed by atoms with van der Waals surface area (Å²) < 4.78 is 127. The van der Waals surface area contributed by atoms with Crippen LogP contribution in [0.5, 0.6) is 0 Å². The van der Waals surface area contributed by atoms with Crippen LogP contribution >= 0.6 is 0 Å². The zero-order valence-electron chi connectivity index (χ0n) is 11.6. The number of nitrogens with zero attached hydrogens (tertiary/aromatic N) is 2. The maximum atomic E-state index is 13.1. The molecule has 5 nitrogen and oxygen atoms in total. The summed E-state index contributed by atoms with van der Waals surface area (Å²) in [5.74, 6) is -15.8. The summed E-state index contributed by atoms with van der Waals surface area (Å²) in [6, 6.07) is 0. The van der Waals surface area contributed by atoms with Crippen molar-refractivity contribution in [2.24, 2.45) is 0 Å². The first kappa shape index (κ1) is 21.0. The van der Waals surface area contributed by atoms with Crippen molar-refractivity contribution >= 4 is 11.6 Å². The maximum absolute atomic E-state index is 13.1. The lowest BCUT2D eigenvalue weighted by molar-refractivity contribution is -0.343. The molecule has 0 spiro atoms. The van der Waals surface area contributed by atoms with E-state index >= 15 is 0 Å². The molecule has 0 fully saturated rings. The van der Waals surface area contributed by atoms with Crippen LogP contribution < -0.4 is 5.32 Å². The molecule has 0 aliphatic heterocycles. The lowest BCUT2D eigenvalue weighted by atomic mass is 10.1. The average Bonchev–Trinajstić information content (AvgIpc) is 2.83. The van der Waals surface area contributed by atoms with Crippen LogP contribution in [0.2, 0.25) is 0 Å². The Bertz CT molecular complexity index is 607. The Hall–Kier alpha value is -2.06. The van der Waals surface area contributed by atoms with Crippen LogP contribution in [0.25, 0.3) is 0 Å². The highest BCUT2D eigenvalue weighted by molar-refractivity contribution is 5.96. The lowest BCUT2D eigenvalue weighted by Crippen LogP contribution is -2.57.